The van der Waals surface area contributed by atoms with E-state index in [9.17, 15) is 0 Å². The Bertz CT molecular complexity index is 848. The summed E-state index contributed by atoms with van der Waals surface area (Å²) in [6.45, 7) is 4.21. The Labute approximate surface area is 179 Å². The first-order valence-corrected chi connectivity index (χ1v) is 10.5. The number of benzene rings is 2. The largest absolute Gasteiger partial charge is 0.493 e. The van der Waals surface area contributed by atoms with Crippen LogP contribution in [0.3, 0.4) is 0 Å². The molecule has 162 valence electrons. The van der Waals surface area contributed by atoms with Gasteiger partial charge >= 0.3 is 0 Å². The van der Waals surface area contributed by atoms with E-state index < -0.39 is 0 Å². The van der Waals surface area contributed by atoms with E-state index in [0.717, 1.165) is 24.6 Å². The summed E-state index contributed by atoms with van der Waals surface area (Å²) in [7, 11) is 4.86. The predicted molar refractivity (Wildman–Crippen MR) is 121 cm³/mol. The van der Waals surface area contributed by atoms with Crippen LogP contribution in [0.1, 0.15) is 37.3 Å². The first-order chi connectivity index (χ1) is 14.7. The van der Waals surface area contributed by atoms with Crippen LogP contribution in [0.4, 0.5) is 0 Å². The Hall–Kier alpha value is -2.89. The summed E-state index contributed by atoms with van der Waals surface area (Å²) in [5, 5.41) is 6.92. The Kier molecular flexibility index (Phi) is 7.44. The second-order valence-electron chi connectivity index (χ2n) is 7.54. The molecule has 30 heavy (non-hydrogen) atoms. The summed E-state index contributed by atoms with van der Waals surface area (Å²) >= 11 is 0. The average Bonchev–Trinajstić information content (AvgIpc) is 2.76. The number of hydrogen-bond acceptors (Lipinski definition) is 4. The molecule has 0 bridgehead atoms. The van der Waals surface area contributed by atoms with Crippen molar-refractivity contribution in [3.63, 3.8) is 0 Å². The third-order valence-corrected chi connectivity index (χ3v) is 5.83. The van der Waals surface area contributed by atoms with Gasteiger partial charge in [-0.2, -0.15) is 0 Å². The van der Waals surface area contributed by atoms with Crippen molar-refractivity contribution in [3.8, 4) is 17.2 Å². The molecule has 0 heterocycles. The summed E-state index contributed by atoms with van der Waals surface area (Å²) in [6.07, 6.45) is 3.67. The number of nitrogens with one attached hydrogen (secondary N) is 2. The first kappa shape index (κ1) is 21.8. The van der Waals surface area contributed by atoms with Gasteiger partial charge in [0.2, 0.25) is 5.75 Å². The molecule has 1 aliphatic carbocycles. The van der Waals surface area contributed by atoms with Crippen molar-refractivity contribution >= 4 is 5.96 Å². The standard InChI is InChI=1S/C24H33N3O3/c1-5-25-23(27-17-24(14-9-15-24)19-10-7-6-8-11-19)26-16-18-12-13-20(28-2)22(30-4)21(18)29-3/h6-8,10-13H,5,9,14-17H2,1-4H3,(H2,25,26,27). The molecule has 2 aromatic carbocycles. The number of nitrogens with zero attached hydrogens (tertiary/aromatic N) is 1. The molecule has 0 radical (unpaired) electrons. The van der Waals surface area contributed by atoms with Crippen LogP contribution < -0.4 is 24.8 Å². The van der Waals surface area contributed by atoms with Gasteiger partial charge in [-0.25, -0.2) is 4.99 Å². The highest BCUT2D eigenvalue weighted by molar-refractivity contribution is 5.80. The Balaban J connectivity index is 1.75. The molecule has 6 nitrogen and oxygen atoms in total. The lowest BCUT2D eigenvalue weighted by atomic mass is 9.64. The molecule has 0 amide bonds. The molecule has 2 N–H and O–H groups in total. The highest BCUT2D eigenvalue weighted by atomic mass is 16.5. The smallest absolute Gasteiger partial charge is 0.203 e. The zero-order chi connectivity index (χ0) is 21.4. The van der Waals surface area contributed by atoms with Crippen LogP contribution in [0, 0.1) is 0 Å². The van der Waals surface area contributed by atoms with Crippen LogP contribution in [0.15, 0.2) is 47.5 Å². The molecule has 1 aliphatic rings. The second-order valence-corrected chi connectivity index (χ2v) is 7.54. The number of methoxy groups -OCH3 is 3. The van der Waals surface area contributed by atoms with E-state index in [4.69, 9.17) is 19.2 Å². The maximum Gasteiger partial charge on any atom is 0.203 e. The highest BCUT2D eigenvalue weighted by Crippen LogP contribution is 2.43. The van der Waals surface area contributed by atoms with Crippen LogP contribution in [-0.2, 0) is 12.0 Å². The van der Waals surface area contributed by atoms with E-state index in [0.29, 0.717) is 23.8 Å². The minimum absolute atomic E-state index is 0.193. The molecule has 0 unspecified atom stereocenters. The van der Waals surface area contributed by atoms with Gasteiger partial charge in [0.1, 0.15) is 0 Å². The number of aliphatic imine (C=N–C) groups is 1. The van der Waals surface area contributed by atoms with Gasteiger partial charge in [-0.3, -0.25) is 0 Å². The maximum atomic E-state index is 5.59. The first-order valence-electron chi connectivity index (χ1n) is 10.5. The van der Waals surface area contributed by atoms with Crippen molar-refractivity contribution in [1.82, 2.24) is 10.6 Å². The molecule has 0 spiro atoms. The molecule has 0 aliphatic heterocycles. The number of hydrogen-bond donors (Lipinski definition) is 2. The topological polar surface area (TPSA) is 64.1 Å². The predicted octanol–water partition coefficient (Wildman–Crippen LogP) is 3.89. The molecular weight excluding hydrogens is 378 g/mol. The highest BCUT2D eigenvalue weighted by Gasteiger charge is 2.38. The molecule has 0 saturated heterocycles. The molecule has 2 aromatic rings. The second kappa shape index (κ2) is 10.2. The molecule has 1 fully saturated rings. The molecular formula is C24H33N3O3. The van der Waals surface area contributed by atoms with E-state index in [1.54, 1.807) is 21.3 Å². The van der Waals surface area contributed by atoms with Crippen LogP contribution in [-0.4, -0.2) is 40.4 Å². The maximum absolute atomic E-state index is 5.59. The van der Waals surface area contributed by atoms with E-state index in [-0.39, 0.29) is 5.41 Å². The number of rotatable bonds is 9. The summed E-state index contributed by atoms with van der Waals surface area (Å²) < 4.78 is 16.4. The van der Waals surface area contributed by atoms with Crippen LogP contribution in [0.5, 0.6) is 17.2 Å². The van der Waals surface area contributed by atoms with Gasteiger partial charge in [-0.05, 0) is 37.5 Å². The number of ether oxygens (including phenoxy) is 3. The fraction of sp³-hybridized carbons (Fsp3) is 0.458. The van der Waals surface area contributed by atoms with Crippen molar-refractivity contribution in [2.24, 2.45) is 4.99 Å². The molecule has 1 saturated carbocycles. The van der Waals surface area contributed by atoms with Gasteiger partial charge in [-0.1, -0.05) is 36.8 Å². The summed E-state index contributed by atoms with van der Waals surface area (Å²) in [4.78, 5) is 4.80. The van der Waals surface area contributed by atoms with Gasteiger partial charge in [0.05, 0.1) is 27.9 Å². The SMILES string of the molecule is CCNC(=NCc1ccc(OC)c(OC)c1OC)NCC1(c2ccccc2)CCC1. The Morgan fingerprint density at radius 2 is 1.67 bits per heavy atom. The lowest BCUT2D eigenvalue weighted by Crippen LogP contribution is -2.48. The van der Waals surface area contributed by atoms with Crippen molar-refractivity contribution < 1.29 is 14.2 Å². The third kappa shape index (κ3) is 4.64. The Morgan fingerprint density at radius 3 is 2.23 bits per heavy atom. The van der Waals surface area contributed by atoms with E-state index in [1.165, 1.54) is 24.8 Å². The van der Waals surface area contributed by atoms with Crippen molar-refractivity contribution in [3.05, 3.63) is 53.6 Å². The molecule has 0 aromatic heterocycles. The lowest BCUT2D eigenvalue weighted by molar-refractivity contribution is 0.244. The monoisotopic (exact) mass is 411 g/mol. The summed E-state index contributed by atoms with van der Waals surface area (Å²) in [6, 6.07) is 14.6. The van der Waals surface area contributed by atoms with Gasteiger partial charge in [0, 0.05) is 24.1 Å². The van der Waals surface area contributed by atoms with Crippen molar-refractivity contribution in [2.75, 3.05) is 34.4 Å². The third-order valence-electron chi connectivity index (χ3n) is 5.83. The Morgan fingerprint density at radius 1 is 0.933 bits per heavy atom. The average molecular weight is 412 g/mol. The molecule has 0 atom stereocenters. The summed E-state index contributed by atoms with van der Waals surface area (Å²) in [5.74, 6) is 2.68. The van der Waals surface area contributed by atoms with Gasteiger partial charge in [0.15, 0.2) is 17.5 Å². The fourth-order valence-corrected chi connectivity index (χ4v) is 4.01. The minimum Gasteiger partial charge on any atom is -0.493 e. The van der Waals surface area contributed by atoms with Crippen LogP contribution in [0.2, 0.25) is 0 Å². The molecule has 3 rings (SSSR count). The zero-order valence-corrected chi connectivity index (χ0v) is 18.5. The van der Waals surface area contributed by atoms with Crippen molar-refractivity contribution in [1.29, 1.82) is 0 Å². The minimum atomic E-state index is 0.193. The van der Waals surface area contributed by atoms with E-state index in [1.807, 2.05) is 12.1 Å². The fourth-order valence-electron chi connectivity index (χ4n) is 4.01. The summed E-state index contributed by atoms with van der Waals surface area (Å²) in [5.41, 5.74) is 2.54. The van der Waals surface area contributed by atoms with Crippen LogP contribution in [0.25, 0.3) is 0 Å². The lowest BCUT2D eigenvalue weighted by Gasteiger charge is -2.43. The number of guanidine groups is 1. The van der Waals surface area contributed by atoms with Gasteiger partial charge < -0.3 is 24.8 Å². The van der Waals surface area contributed by atoms with Crippen molar-refractivity contribution in [2.45, 2.75) is 38.1 Å². The van der Waals surface area contributed by atoms with E-state index in [2.05, 4.69) is 47.9 Å². The van der Waals surface area contributed by atoms with Crippen LogP contribution >= 0.6 is 0 Å². The van der Waals surface area contributed by atoms with Gasteiger partial charge in [0.25, 0.3) is 0 Å². The normalized spacial score (nSPS) is 15.1. The van der Waals surface area contributed by atoms with Gasteiger partial charge in [-0.15, -0.1) is 0 Å². The van der Waals surface area contributed by atoms with E-state index >= 15 is 0 Å². The zero-order valence-electron chi connectivity index (χ0n) is 18.5. The quantitative estimate of drug-likeness (QED) is 0.484. The molecule has 6 heteroatoms.